The summed E-state index contributed by atoms with van der Waals surface area (Å²) in [7, 11) is 0.109. The third-order valence-electron chi connectivity index (χ3n) is 4.06. The van der Waals surface area contributed by atoms with Crippen molar-refractivity contribution in [3.05, 3.63) is 18.0 Å². The second kappa shape index (κ2) is 6.89. The number of likely N-dealkylation sites (tertiary alicyclic amines) is 1. The lowest BCUT2D eigenvalue weighted by Gasteiger charge is -2.24. The van der Waals surface area contributed by atoms with Gasteiger partial charge in [-0.05, 0) is 44.8 Å². The molecule has 0 unspecified atom stereocenters. The van der Waals surface area contributed by atoms with Crippen LogP contribution in [0, 0.1) is 6.92 Å². The number of nitrogens with zero attached hydrogens (tertiary/aromatic N) is 4. The summed E-state index contributed by atoms with van der Waals surface area (Å²) >= 11 is 0. The molecule has 0 spiro atoms. The van der Waals surface area contributed by atoms with E-state index in [9.17, 15) is 8.42 Å². The number of hydrogen-bond donors (Lipinski definition) is 0. The maximum absolute atomic E-state index is 11.8. The zero-order valence-corrected chi connectivity index (χ0v) is 14.0. The summed E-state index contributed by atoms with van der Waals surface area (Å²) < 4.78 is 26.8. The van der Waals surface area contributed by atoms with Crippen LogP contribution >= 0.6 is 0 Å². The van der Waals surface area contributed by atoms with Crippen molar-refractivity contribution in [1.82, 2.24) is 19.0 Å². The van der Waals surface area contributed by atoms with Crippen molar-refractivity contribution in [2.75, 3.05) is 32.9 Å². The van der Waals surface area contributed by atoms with E-state index in [0.29, 0.717) is 12.5 Å². The normalized spacial score (nSPS) is 20.5. The Morgan fingerprint density at radius 1 is 1.43 bits per heavy atom. The lowest BCUT2D eigenvalue weighted by Crippen LogP contribution is -2.35. The van der Waals surface area contributed by atoms with E-state index < -0.39 is 10.0 Å². The van der Waals surface area contributed by atoms with Crippen LogP contribution in [-0.2, 0) is 16.6 Å². The monoisotopic (exact) mass is 314 g/mol. The van der Waals surface area contributed by atoms with E-state index in [1.165, 1.54) is 22.7 Å². The molecule has 2 rings (SSSR count). The summed E-state index contributed by atoms with van der Waals surface area (Å²) in [5.41, 5.74) is 1.18. The molecule has 2 heterocycles. The molecule has 120 valence electrons. The topological polar surface area (TPSA) is 58.4 Å². The fraction of sp³-hybridized carbons (Fsp3) is 0.786. The van der Waals surface area contributed by atoms with Crippen LogP contribution in [0.4, 0.5) is 0 Å². The molecule has 0 N–H and O–H groups in total. The second-order valence-electron chi connectivity index (χ2n) is 6.02. The molecule has 0 aliphatic carbocycles. The average molecular weight is 314 g/mol. The Hall–Kier alpha value is -0.920. The SMILES string of the molecule is Cc1cnn(C[C@H]2CCCN2CCCS(=O)(=O)N(C)C)c1. The van der Waals surface area contributed by atoms with Crippen LogP contribution in [0.15, 0.2) is 12.4 Å². The van der Waals surface area contributed by atoms with Crippen LogP contribution in [-0.4, -0.2) is 66.4 Å². The van der Waals surface area contributed by atoms with Gasteiger partial charge in [-0.15, -0.1) is 0 Å². The van der Waals surface area contributed by atoms with E-state index in [1.807, 2.05) is 17.8 Å². The molecule has 1 aliphatic heterocycles. The predicted octanol–water partition coefficient (Wildman–Crippen LogP) is 0.937. The van der Waals surface area contributed by atoms with Gasteiger partial charge in [-0.2, -0.15) is 5.10 Å². The molecule has 1 saturated heterocycles. The van der Waals surface area contributed by atoms with E-state index in [2.05, 4.69) is 16.2 Å². The van der Waals surface area contributed by atoms with Crippen LogP contribution < -0.4 is 0 Å². The van der Waals surface area contributed by atoms with Crippen LogP contribution in [0.25, 0.3) is 0 Å². The van der Waals surface area contributed by atoms with Crippen molar-refractivity contribution < 1.29 is 8.42 Å². The Balaban J connectivity index is 1.82. The van der Waals surface area contributed by atoms with E-state index in [4.69, 9.17) is 0 Å². The molecular weight excluding hydrogens is 288 g/mol. The summed E-state index contributed by atoms with van der Waals surface area (Å²) in [6.07, 6.45) is 6.98. The van der Waals surface area contributed by atoms with E-state index in [1.54, 1.807) is 14.1 Å². The molecule has 0 amide bonds. The quantitative estimate of drug-likeness (QED) is 0.751. The first kappa shape index (κ1) is 16.5. The minimum atomic E-state index is -3.07. The summed E-state index contributed by atoms with van der Waals surface area (Å²) in [5, 5.41) is 4.34. The predicted molar refractivity (Wildman–Crippen MR) is 83.6 cm³/mol. The van der Waals surface area contributed by atoms with Crippen LogP contribution in [0.1, 0.15) is 24.8 Å². The maximum Gasteiger partial charge on any atom is 0.213 e. The molecule has 0 bridgehead atoms. The summed E-state index contributed by atoms with van der Waals surface area (Å²) in [4.78, 5) is 2.40. The number of rotatable bonds is 7. The van der Waals surface area contributed by atoms with Crippen molar-refractivity contribution in [2.45, 2.75) is 38.8 Å². The molecule has 1 aliphatic rings. The minimum Gasteiger partial charge on any atom is -0.299 e. The summed E-state index contributed by atoms with van der Waals surface area (Å²) in [6, 6.07) is 0.478. The molecule has 1 aromatic heterocycles. The first-order valence-corrected chi connectivity index (χ1v) is 9.13. The van der Waals surface area contributed by atoms with Gasteiger partial charge in [0.15, 0.2) is 0 Å². The van der Waals surface area contributed by atoms with Gasteiger partial charge in [-0.3, -0.25) is 9.58 Å². The number of hydrogen-bond acceptors (Lipinski definition) is 4. The van der Waals surface area contributed by atoms with Crippen LogP contribution in [0.5, 0.6) is 0 Å². The third-order valence-corrected chi connectivity index (χ3v) is 5.98. The van der Waals surface area contributed by atoms with Crippen molar-refractivity contribution >= 4 is 10.0 Å². The largest absolute Gasteiger partial charge is 0.299 e. The smallest absolute Gasteiger partial charge is 0.213 e. The van der Waals surface area contributed by atoms with Gasteiger partial charge in [-0.1, -0.05) is 0 Å². The number of sulfonamides is 1. The average Bonchev–Trinajstić information content (AvgIpc) is 2.99. The van der Waals surface area contributed by atoms with E-state index in [0.717, 1.165) is 19.6 Å². The highest BCUT2D eigenvalue weighted by atomic mass is 32.2. The Labute approximate surface area is 127 Å². The van der Waals surface area contributed by atoms with Gasteiger partial charge in [0.2, 0.25) is 10.0 Å². The van der Waals surface area contributed by atoms with Crippen LogP contribution in [0.3, 0.4) is 0 Å². The van der Waals surface area contributed by atoms with Gasteiger partial charge in [0.25, 0.3) is 0 Å². The standard InChI is InChI=1S/C14H26N4O2S/c1-13-10-15-18(11-13)12-14-6-4-7-17(14)8-5-9-21(19,20)16(2)3/h10-11,14H,4-9,12H2,1-3H3/t14-/m1/s1. The number of aryl methyl sites for hydroxylation is 1. The van der Waals surface area contributed by atoms with Crippen molar-refractivity contribution in [3.63, 3.8) is 0 Å². The fourth-order valence-corrected chi connectivity index (χ4v) is 3.67. The van der Waals surface area contributed by atoms with Gasteiger partial charge in [0, 0.05) is 26.3 Å². The number of aromatic nitrogens is 2. The maximum atomic E-state index is 11.8. The molecule has 0 aromatic carbocycles. The molecule has 1 aromatic rings. The molecule has 0 radical (unpaired) electrons. The summed E-state index contributed by atoms with van der Waals surface area (Å²) in [5.74, 6) is 0.226. The highest BCUT2D eigenvalue weighted by Crippen LogP contribution is 2.19. The fourth-order valence-electron chi connectivity index (χ4n) is 2.81. The third kappa shape index (κ3) is 4.52. The van der Waals surface area contributed by atoms with E-state index in [-0.39, 0.29) is 5.75 Å². The van der Waals surface area contributed by atoms with Gasteiger partial charge < -0.3 is 0 Å². The van der Waals surface area contributed by atoms with Gasteiger partial charge in [-0.25, -0.2) is 12.7 Å². The first-order valence-electron chi connectivity index (χ1n) is 7.52. The first-order chi connectivity index (χ1) is 9.88. The lowest BCUT2D eigenvalue weighted by molar-refractivity contribution is 0.227. The van der Waals surface area contributed by atoms with Gasteiger partial charge in [0.05, 0.1) is 18.5 Å². The summed E-state index contributed by atoms with van der Waals surface area (Å²) in [6.45, 7) is 4.85. The molecular formula is C14H26N4O2S. The molecule has 1 atom stereocenters. The Morgan fingerprint density at radius 2 is 2.19 bits per heavy atom. The zero-order valence-electron chi connectivity index (χ0n) is 13.2. The Bertz CT molecular complexity index is 553. The van der Waals surface area contributed by atoms with Crippen molar-refractivity contribution in [3.8, 4) is 0 Å². The highest BCUT2D eigenvalue weighted by molar-refractivity contribution is 7.89. The lowest BCUT2D eigenvalue weighted by atomic mass is 10.2. The van der Waals surface area contributed by atoms with Gasteiger partial charge >= 0.3 is 0 Å². The van der Waals surface area contributed by atoms with Gasteiger partial charge in [0.1, 0.15) is 0 Å². The van der Waals surface area contributed by atoms with Crippen LogP contribution in [0.2, 0.25) is 0 Å². The molecule has 21 heavy (non-hydrogen) atoms. The molecule has 1 fully saturated rings. The minimum absolute atomic E-state index is 0.226. The Kier molecular flexibility index (Phi) is 5.40. The molecule has 6 nitrogen and oxygen atoms in total. The molecule has 7 heteroatoms. The Morgan fingerprint density at radius 3 is 2.81 bits per heavy atom. The van der Waals surface area contributed by atoms with Crippen molar-refractivity contribution in [1.29, 1.82) is 0 Å². The van der Waals surface area contributed by atoms with E-state index >= 15 is 0 Å². The zero-order chi connectivity index (χ0) is 15.5. The highest BCUT2D eigenvalue weighted by Gasteiger charge is 2.25. The molecule has 0 saturated carbocycles. The second-order valence-corrected chi connectivity index (χ2v) is 8.33. The van der Waals surface area contributed by atoms with Crippen molar-refractivity contribution in [2.24, 2.45) is 0 Å².